The van der Waals surface area contributed by atoms with Crippen LogP contribution in [0.1, 0.15) is 5.56 Å². The first-order chi connectivity index (χ1) is 10.1. The van der Waals surface area contributed by atoms with E-state index in [0.717, 1.165) is 22.7 Å². The summed E-state index contributed by atoms with van der Waals surface area (Å²) in [4.78, 5) is 0. The van der Waals surface area contributed by atoms with Crippen LogP contribution in [0.5, 0.6) is 11.5 Å². The predicted molar refractivity (Wildman–Crippen MR) is 88.6 cm³/mol. The summed E-state index contributed by atoms with van der Waals surface area (Å²) >= 11 is 11.4. The van der Waals surface area contributed by atoms with Gasteiger partial charge in [-0.05, 0) is 49.0 Å². The van der Waals surface area contributed by atoms with Gasteiger partial charge in [0.05, 0.1) is 0 Å². The number of ether oxygens (including phenoxy) is 2. The van der Waals surface area contributed by atoms with Crippen LogP contribution in [0.2, 0.25) is 5.02 Å². The second-order valence-electron chi connectivity index (χ2n) is 4.56. The molecule has 1 aliphatic rings. The van der Waals surface area contributed by atoms with Crippen LogP contribution in [-0.2, 0) is 0 Å². The van der Waals surface area contributed by atoms with Gasteiger partial charge in [-0.1, -0.05) is 17.7 Å². The molecule has 0 spiro atoms. The van der Waals surface area contributed by atoms with Crippen molar-refractivity contribution in [3.8, 4) is 11.5 Å². The second kappa shape index (κ2) is 5.79. The van der Waals surface area contributed by atoms with Gasteiger partial charge < -0.3 is 20.1 Å². The van der Waals surface area contributed by atoms with E-state index in [2.05, 4.69) is 10.6 Å². The summed E-state index contributed by atoms with van der Waals surface area (Å²) in [5.74, 6) is 1.45. The molecule has 0 unspecified atom stereocenters. The SMILES string of the molecule is Cc1c(Cl)cccc1NC(=S)Nc1ccc2c(c1)OCO2. The Hall–Kier alpha value is -1.98. The summed E-state index contributed by atoms with van der Waals surface area (Å²) in [5, 5.41) is 7.42. The van der Waals surface area contributed by atoms with Crippen molar-refractivity contribution in [3.63, 3.8) is 0 Å². The van der Waals surface area contributed by atoms with Crippen molar-refractivity contribution >= 4 is 40.3 Å². The van der Waals surface area contributed by atoms with Crippen LogP contribution in [0, 0.1) is 6.92 Å². The molecule has 4 nitrogen and oxygen atoms in total. The van der Waals surface area contributed by atoms with Crippen LogP contribution in [0.4, 0.5) is 11.4 Å². The third-order valence-electron chi connectivity index (χ3n) is 3.15. The molecule has 3 rings (SSSR count). The molecule has 0 saturated heterocycles. The molecule has 108 valence electrons. The van der Waals surface area contributed by atoms with Crippen molar-refractivity contribution in [1.82, 2.24) is 0 Å². The molecule has 21 heavy (non-hydrogen) atoms. The van der Waals surface area contributed by atoms with Crippen molar-refractivity contribution in [1.29, 1.82) is 0 Å². The van der Waals surface area contributed by atoms with E-state index >= 15 is 0 Å². The van der Waals surface area contributed by atoms with E-state index < -0.39 is 0 Å². The van der Waals surface area contributed by atoms with Gasteiger partial charge >= 0.3 is 0 Å². The molecule has 2 aromatic carbocycles. The minimum atomic E-state index is 0.253. The van der Waals surface area contributed by atoms with Crippen LogP contribution in [0.15, 0.2) is 36.4 Å². The Bertz CT molecular complexity index is 706. The molecule has 1 aliphatic heterocycles. The zero-order valence-electron chi connectivity index (χ0n) is 11.3. The number of halogens is 1. The van der Waals surface area contributed by atoms with Crippen LogP contribution in [0.3, 0.4) is 0 Å². The average Bonchev–Trinajstić information content (AvgIpc) is 2.91. The van der Waals surface area contributed by atoms with E-state index in [0.29, 0.717) is 15.9 Å². The first kappa shape index (κ1) is 14.0. The summed E-state index contributed by atoms with van der Waals surface area (Å²) < 4.78 is 10.6. The molecule has 0 radical (unpaired) electrons. The molecule has 0 atom stereocenters. The van der Waals surface area contributed by atoms with Crippen LogP contribution in [-0.4, -0.2) is 11.9 Å². The number of nitrogens with one attached hydrogen (secondary N) is 2. The number of benzene rings is 2. The summed E-state index contributed by atoms with van der Waals surface area (Å²) in [7, 11) is 0. The minimum Gasteiger partial charge on any atom is -0.454 e. The van der Waals surface area contributed by atoms with Gasteiger partial charge in [-0.25, -0.2) is 0 Å². The fourth-order valence-corrected chi connectivity index (χ4v) is 2.40. The maximum atomic E-state index is 6.09. The lowest BCUT2D eigenvalue weighted by Crippen LogP contribution is -2.19. The lowest BCUT2D eigenvalue weighted by atomic mass is 10.2. The summed E-state index contributed by atoms with van der Waals surface area (Å²) in [5.41, 5.74) is 2.66. The van der Waals surface area contributed by atoms with Gasteiger partial charge in [-0.2, -0.15) is 0 Å². The summed E-state index contributed by atoms with van der Waals surface area (Å²) in [6.07, 6.45) is 0. The number of rotatable bonds is 2. The van der Waals surface area contributed by atoms with E-state index in [9.17, 15) is 0 Å². The highest BCUT2D eigenvalue weighted by atomic mass is 35.5. The third kappa shape index (κ3) is 3.04. The van der Waals surface area contributed by atoms with Gasteiger partial charge in [0.1, 0.15) is 0 Å². The molecule has 1 heterocycles. The molecule has 2 aromatic rings. The van der Waals surface area contributed by atoms with Crippen LogP contribution < -0.4 is 20.1 Å². The van der Waals surface area contributed by atoms with Crippen molar-refractivity contribution in [2.75, 3.05) is 17.4 Å². The van der Waals surface area contributed by atoms with Crippen LogP contribution in [0.25, 0.3) is 0 Å². The molecule has 2 N–H and O–H groups in total. The standard InChI is InChI=1S/C15H13ClN2O2S/c1-9-11(16)3-2-4-12(9)18-15(21)17-10-5-6-13-14(7-10)20-8-19-13/h2-7H,8H2,1H3,(H2,17,18,21). The molecule has 0 bridgehead atoms. The van der Waals surface area contributed by atoms with Crippen molar-refractivity contribution in [2.24, 2.45) is 0 Å². The Morgan fingerprint density at radius 2 is 1.95 bits per heavy atom. The first-order valence-electron chi connectivity index (χ1n) is 6.36. The number of hydrogen-bond donors (Lipinski definition) is 2. The lowest BCUT2D eigenvalue weighted by Gasteiger charge is -2.13. The predicted octanol–water partition coefficient (Wildman–Crippen LogP) is 4.19. The molecule has 0 fully saturated rings. The van der Waals surface area contributed by atoms with E-state index in [1.807, 2.05) is 43.3 Å². The first-order valence-corrected chi connectivity index (χ1v) is 7.15. The zero-order valence-corrected chi connectivity index (χ0v) is 12.8. The minimum absolute atomic E-state index is 0.253. The van der Waals surface area contributed by atoms with Gasteiger partial charge in [0.25, 0.3) is 0 Å². The Kier molecular flexibility index (Phi) is 3.86. The van der Waals surface area contributed by atoms with Gasteiger partial charge in [-0.15, -0.1) is 0 Å². The third-order valence-corrected chi connectivity index (χ3v) is 3.76. The average molecular weight is 321 g/mol. The lowest BCUT2D eigenvalue weighted by molar-refractivity contribution is 0.174. The normalized spacial score (nSPS) is 12.1. The largest absolute Gasteiger partial charge is 0.454 e. The van der Waals surface area contributed by atoms with E-state index in [1.165, 1.54) is 0 Å². The molecular weight excluding hydrogens is 308 g/mol. The smallest absolute Gasteiger partial charge is 0.231 e. The van der Waals surface area contributed by atoms with E-state index in [-0.39, 0.29) is 6.79 Å². The van der Waals surface area contributed by atoms with E-state index in [4.69, 9.17) is 33.3 Å². The quantitative estimate of drug-likeness (QED) is 0.812. The van der Waals surface area contributed by atoms with Crippen molar-refractivity contribution in [3.05, 3.63) is 47.0 Å². The number of anilines is 2. The second-order valence-corrected chi connectivity index (χ2v) is 5.38. The molecule has 6 heteroatoms. The number of hydrogen-bond acceptors (Lipinski definition) is 3. The summed E-state index contributed by atoms with van der Waals surface area (Å²) in [6, 6.07) is 11.2. The fraction of sp³-hybridized carbons (Fsp3) is 0.133. The highest BCUT2D eigenvalue weighted by molar-refractivity contribution is 7.80. The Labute approximate surface area is 133 Å². The maximum absolute atomic E-state index is 6.09. The Morgan fingerprint density at radius 3 is 2.81 bits per heavy atom. The maximum Gasteiger partial charge on any atom is 0.231 e. The van der Waals surface area contributed by atoms with Crippen LogP contribution >= 0.6 is 23.8 Å². The van der Waals surface area contributed by atoms with E-state index in [1.54, 1.807) is 0 Å². The molecule has 0 amide bonds. The van der Waals surface area contributed by atoms with Crippen molar-refractivity contribution in [2.45, 2.75) is 6.92 Å². The molecule has 0 aliphatic carbocycles. The van der Waals surface area contributed by atoms with Gasteiger partial charge in [0.15, 0.2) is 16.6 Å². The molecule has 0 saturated carbocycles. The molecule has 0 aromatic heterocycles. The number of fused-ring (bicyclic) bond motifs is 1. The van der Waals surface area contributed by atoms with Crippen molar-refractivity contribution < 1.29 is 9.47 Å². The highest BCUT2D eigenvalue weighted by Gasteiger charge is 2.13. The Balaban J connectivity index is 1.70. The topological polar surface area (TPSA) is 42.5 Å². The number of thiocarbonyl (C=S) groups is 1. The molecular formula is C15H13ClN2O2S. The van der Waals surface area contributed by atoms with Gasteiger partial charge in [0.2, 0.25) is 6.79 Å². The zero-order chi connectivity index (χ0) is 14.8. The monoisotopic (exact) mass is 320 g/mol. The summed E-state index contributed by atoms with van der Waals surface area (Å²) in [6.45, 7) is 2.19. The highest BCUT2D eigenvalue weighted by Crippen LogP contribution is 2.34. The van der Waals surface area contributed by atoms with Gasteiger partial charge in [-0.3, -0.25) is 0 Å². The Morgan fingerprint density at radius 1 is 1.14 bits per heavy atom. The fourth-order valence-electron chi connectivity index (χ4n) is 2.00. The van der Waals surface area contributed by atoms with Gasteiger partial charge in [0, 0.05) is 22.5 Å².